The van der Waals surface area contributed by atoms with E-state index in [1.165, 1.54) is 15.3 Å². The van der Waals surface area contributed by atoms with Gasteiger partial charge in [0.1, 0.15) is 12.3 Å². The highest BCUT2D eigenvalue weighted by Gasteiger charge is 2.35. The molecule has 1 saturated heterocycles. The predicted octanol–water partition coefficient (Wildman–Crippen LogP) is 3.59. The summed E-state index contributed by atoms with van der Waals surface area (Å²) >= 11 is 0. The van der Waals surface area contributed by atoms with Crippen molar-refractivity contribution in [1.29, 1.82) is 0 Å². The topological polar surface area (TPSA) is 79.8 Å². The van der Waals surface area contributed by atoms with Crippen molar-refractivity contribution in [3.8, 4) is 0 Å². The zero-order valence-corrected chi connectivity index (χ0v) is 18.4. The third-order valence-corrected chi connectivity index (χ3v) is 6.89. The van der Waals surface area contributed by atoms with Crippen LogP contribution in [-0.4, -0.2) is 66.7 Å². The standard InChI is InChI=1S/C21H28FN3O4S/c1-21(2,3)29-20(26)24-10-4-5-11-25(18(13-22)15-24)30(27,28)19-7-6-17-14-23-9-8-16(17)12-19/h6-9,12,14,18H,4-5,10-11,13,15H2,1-3H3. The van der Waals surface area contributed by atoms with Gasteiger partial charge in [0.2, 0.25) is 10.0 Å². The van der Waals surface area contributed by atoms with Gasteiger partial charge < -0.3 is 9.64 Å². The number of nitrogens with zero attached hydrogens (tertiary/aromatic N) is 3. The molecule has 9 heteroatoms. The number of alkyl halides is 1. The number of aromatic nitrogens is 1. The molecule has 30 heavy (non-hydrogen) atoms. The monoisotopic (exact) mass is 437 g/mol. The molecule has 3 rings (SSSR count). The maximum Gasteiger partial charge on any atom is 0.410 e. The van der Waals surface area contributed by atoms with Crippen molar-refractivity contribution in [2.75, 3.05) is 26.3 Å². The van der Waals surface area contributed by atoms with Gasteiger partial charge >= 0.3 is 6.09 Å². The molecule has 0 radical (unpaired) electrons. The van der Waals surface area contributed by atoms with Crippen LogP contribution in [0.5, 0.6) is 0 Å². The fourth-order valence-corrected chi connectivity index (χ4v) is 5.15. The Kier molecular flexibility index (Phi) is 6.62. The lowest BCUT2D eigenvalue weighted by atomic mass is 10.2. The van der Waals surface area contributed by atoms with Crippen LogP contribution < -0.4 is 0 Å². The molecule has 0 N–H and O–H groups in total. The number of pyridine rings is 1. The maximum absolute atomic E-state index is 14.0. The first kappa shape index (κ1) is 22.4. The van der Waals surface area contributed by atoms with E-state index in [0.717, 1.165) is 10.8 Å². The van der Waals surface area contributed by atoms with Gasteiger partial charge in [-0.3, -0.25) is 4.98 Å². The van der Waals surface area contributed by atoms with Crippen LogP contribution in [0.3, 0.4) is 0 Å². The summed E-state index contributed by atoms with van der Waals surface area (Å²) in [4.78, 5) is 18.1. The van der Waals surface area contributed by atoms with Crippen molar-refractivity contribution in [3.05, 3.63) is 36.7 Å². The summed E-state index contributed by atoms with van der Waals surface area (Å²) < 4.78 is 47.4. The zero-order chi connectivity index (χ0) is 21.9. The number of carbonyl (C=O) groups excluding carboxylic acids is 1. The Morgan fingerprint density at radius 2 is 1.93 bits per heavy atom. The normalized spacial score (nSPS) is 19.3. The number of fused-ring (bicyclic) bond motifs is 1. The summed E-state index contributed by atoms with van der Waals surface area (Å²) in [5, 5.41) is 1.56. The van der Waals surface area contributed by atoms with E-state index in [4.69, 9.17) is 4.74 Å². The van der Waals surface area contributed by atoms with Crippen LogP contribution in [0.15, 0.2) is 41.6 Å². The SMILES string of the molecule is CC(C)(C)OC(=O)N1CCCCN(S(=O)(=O)c2ccc3cnccc3c2)C(CF)C1. The summed E-state index contributed by atoms with van der Waals surface area (Å²) in [5.74, 6) is 0. The smallest absolute Gasteiger partial charge is 0.410 e. The highest BCUT2D eigenvalue weighted by molar-refractivity contribution is 7.89. The second-order valence-corrected chi connectivity index (χ2v) is 10.3. The molecule has 0 bridgehead atoms. The van der Waals surface area contributed by atoms with Crippen LogP contribution in [0.2, 0.25) is 0 Å². The number of sulfonamides is 1. The van der Waals surface area contributed by atoms with Crippen molar-refractivity contribution in [2.45, 2.75) is 50.2 Å². The highest BCUT2D eigenvalue weighted by Crippen LogP contribution is 2.25. The molecule has 164 valence electrons. The number of carbonyl (C=O) groups is 1. The molecule has 0 spiro atoms. The van der Waals surface area contributed by atoms with Gasteiger partial charge in [0.05, 0.1) is 10.9 Å². The Labute approximate surface area is 176 Å². The van der Waals surface area contributed by atoms with E-state index in [9.17, 15) is 17.6 Å². The molecule has 1 aromatic heterocycles. The number of amides is 1. The summed E-state index contributed by atoms with van der Waals surface area (Å²) in [6.07, 6.45) is 3.82. The van der Waals surface area contributed by atoms with Crippen LogP contribution in [0.25, 0.3) is 10.8 Å². The molecule has 1 aliphatic rings. The average molecular weight is 438 g/mol. The van der Waals surface area contributed by atoms with E-state index in [1.807, 2.05) is 0 Å². The summed E-state index contributed by atoms with van der Waals surface area (Å²) in [7, 11) is -3.94. The first-order valence-electron chi connectivity index (χ1n) is 10.0. The molecule has 1 atom stereocenters. The van der Waals surface area contributed by atoms with Gasteiger partial charge in [0.25, 0.3) is 0 Å². The molecule has 0 saturated carbocycles. The predicted molar refractivity (Wildman–Crippen MR) is 112 cm³/mol. The number of hydrogen-bond acceptors (Lipinski definition) is 5. The molecule has 7 nitrogen and oxygen atoms in total. The molecule has 1 fully saturated rings. The van der Waals surface area contributed by atoms with Crippen LogP contribution in [0, 0.1) is 0 Å². The Morgan fingerprint density at radius 1 is 1.20 bits per heavy atom. The Bertz CT molecular complexity index is 1010. The van der Waals surface area contributed by atoms with Crippen LogP contribution in [0.1, 0.15) is 33.6 Å². The molecule has 0 aliphatic carbocycles. The van der Waals surface area contributed by atoms with Crippen molar-refractivity contribution >= 4 is 26.9 Å². The minimum Gasteiger partial charge on any atom is -0.444 e. The van der Waals surface area contributed by atoms with Gasteiger partial charge in [0, 0.05) is 37.4 Å². The van der Waals surface area contributed by atoms with Crippen LogP contribution >= 0.6 is 0 Å². The second kappa shape index (κ2) is 8.85. The van der Waals surface area contributed by atoms with Gasteiger partial charge in [-0.1, -0.05) is 6.07 Å². The molecule has 2 aromatic rings. The Morgan fingerprint density at radius 3 is 2.63 bits per heavy atom. The quantitative estimate of drug-likeness (QED) is 0.733. The first-order chi connectivity index (χ1) is 14.1. The highest BCUT2D eigenvalue weighted by atomic mass is 32.2. The van der Waals surface area contributed by atoms with Gasteiger partial charge in [-0.2, -0.15) is 4.31 Å². The van der Waals surface area contributed by atoms with Crippen molar-refractivity contribution in [3.63, 3.8) is 0 Å². The Balaban J connectivity index is 1.89. The lowest BCUT2D eigenvalue weighted by molar-refractivity contribution is 0.0181. The van der Waals surface area contributed by atoms with E-state index < -0.39 is 34.4 Å². The third kappa shape index (κ3) is 5.07. The molecule has 1 amide bonds. The van der Waals surface area contributed by atoms with E-state index in [2.05, 4.69) is 4.98 Å². The lowest BCUT2D eigenvalue weighted by Gasteiger charge is -2.36. The van der Waals surface area contributed by atoms with E-state index >= 15 is 0 Å². The minimum absolute atomic E-state index is 0.0534. The molecule has 1 aliphatic heterocycles. The van der Waals surface area contributed by atoms with E-state index in [1.54, 1.807) is 51.4 Å². The van der Waals surface area contributed by atoms with Crippen LogP contribution in [0.4, 0.5) is 9.18 Å². The fourth-order valence-electron chi connectivity index (χ4n) is 3.48. The molecular weight excluding hydrogens is 409 g/mol. The second-order valence-electron chi connectivity index (χ2n) is 8.44. The van der Waals surface area contributed by atoms with Crippen molar-refractivity contribution < 1.29 is 22.3 Å². The zero-order valence-electron chi connectivity index (χ0n) is 17.5. The van der Waals surface area contributed by atoms with Crippen molar-refractivity contribution in [1.82, 2.24) is 14.2 Å². The third-order valence-electron chi connectivity index (χ3n) is 4.94. The first-order valence-corrected chi connectivity index (χ1v) is 11.5. The van der Waals surface area contributed by atoms with E-state index in [0.29, 0.717) is 19.4 Å². The molecular formula is C21H28FN3O4S. The van der Waals surface area contributed by atoms with Gasteiger partial charge in [0.15, 0.2) is 0 Å². The number of hydrogen-bond donors (Lipinski definition) is 0. The number of halogens is 1. The summed E-state index contributed by atoms with van der Waals surface area (Å²) in [6, 6.07) is 5.54. The summed E-state index contributed by atoms with van der Waals surface area (Å²) in [5.41, 5.74) is -0.684. The number of rotatable bonds is 3. The largest absolute Gasteiger partial charge is 0.444 e. The molecule has 1 aromatic carbocycles. The van der Waals surface area contributed by atoms with Gasteiger partial charge in [-0.25, -0.2) is 17.6 Å². The molecule has 2 heterocycles. The van der Waals surface area contributed by atoms with Crippen LogP contribution in [-0.2, 0) is 14.8 Å². The summed E-state index contributed by atoms with van der Waals surface area (Å²) in [6.45, 7) is 4.93. The van der Waals surface area contributed by atoms with Crippen molar-refractivity contribution in [2.24, 2.45) is 0 Å². The van der Waals surface area contributed by atoms with Gasteiger partial charge in [-0.15, -0.1) is 0 Å². The number of ether oxygens (including phenoxy) is 1. The molecule has 1 unspecified atom stereocenters. The fraction of sp³-hybridized carbons (Fsp3) is 0.524. The average Bonchev–Trinajstić information content (AvgIpc) is 2.66. The van der Waals surface area contributed by atoms with E-state index in [-0.39, 0.29) is 18.0 Å². The van der Waals surface area contributed by atoms with Gasteiger partial charge in [-0.05, 0) is 57.2 Å². The Hall–Kier alpha value is -2.26. The maximum atomic E-state index is 14.0. The number of benzene rings is 1. The minimum atomic E-state index is -3.94. The lowest BCUT2D eigenvalue weighted by Crippen LogP contribution is -2.52.